The molecule has 3 N–H and O–H groups in total. The zero-order chi connectivity index (χ0) is 13.4. The normalized spacial score (nSPS) is 11.4. The van der Waals surface area contributed by atoms with Crippen molar-refractivity contribution < 1.29 is 8.42 Å². The molecule has 0 atom stereocenters. The number of rotatable bonds is 8. The number of hydrogen-bond acceptors (Lipinski definition) is 4. The van der Waals surface area contributed by atoms with Crippen LogP contribution in [0.2, 0.25) is 0 Å². The Morgan fingerprint density at radius 1 is 1.22 bits per heavy atom. The number of nitrogens with zero attached hydrogens (tertiary/aromatic N) is 1. The molecule has 0 aliphatic carbocycles. The fraction of sp³-hybridized carbons (Fsp3) is 0.500. The van der Waals surface area contributed by atoms with E-state index >= 15 is 0 Å². The molecule has 102 valence electrons. The van der Waals surface area contributed by atoms with Gasteiger partial charge in [0.25, 0.3) is 0 Å². The molecule has 0 aliphatic rings. The van der Waals surface area contributed by atoms with Gasteiger partial charge in [-0.25, -0.2) is 13.6 Å². The third-order valence-electron chi connectivity index (χ3n) is 2.61. The van der Waals surface area contributed by atoms with Crippen molar-refractivity contribution in [3.05, 3.63) is 30.3 Å². The molecule has 0 fully saturated rings. The Morgan fingerprint density at radius 2 is 1.89 bits per heavy atom. The van der Waals surface area contributed by atoms with Crippen molar-refractivity contribution in [1.82, 2.24) is 5.32 Å². The molecule has 0 amide bonds. The van der Waals surface area contributed by atoms with Gasteiger partial charge >= 0.3 is 0 Å². The number of nitrogens with one attached hydrogen (secondary N) is 1. The van der Waals surface area contributed by atoms with Crippen LogP contribution in [0, 0.1) is 0 Å². The second-order valence-electron chi connectivity index (χ2n) is 4.23. The van der Waals surface area contributed by atoms with E-state index in [1.165, 1.54) is 5.69 Å². The van der Waals surface area contributed by atoms with Crippen LogP contribution in [0.3, 0.4) is 0 Å². The minimum absolute atomic E-state index is 0.0124. The average Bonchev–Trinajstić information content (AvgIpc) is 2.33. The maximum Gasteiger partial charge on any atom is 0.210 e. The van der Waals surface area contributed by atoms with Gasteiger partial charge in [0.05, 0.1) is 5.75 Å². The summed E-state index contributed by atoms with van der Waals surface area (Å²) in [6.45, 7) is 2.12. The van der Waals surface area contributed by atoms with Gasteiger partial charge in [-0.1, -0.05) is 18.2 Å². The van der Waals surface area contributed by atoms with E-state index in [1.807, 2.05) is 25.2 Å². The van der Waals surface area contributed by atoms with E-state index in [9.17, 15) is 8.42 Å². The smallest absolute Gasteiger partial charge is 0.210 e. The van der Waals surface area contributed by atoms with Crippen LogP contribution >= 0.6 is 0 Å². The number of benzene rings is 1. The largest absolute Gasteiger partial charge is 0.375 e. The molecule has 5 nitrogen and oxygen atoms in total. The van der Waals surface area contributed by atoms with E-state index in [2.05, 4.69) is 22.3 Å². The van der Waals surface area contributed by atoms with E-state index in [-0.39, 0.29) is 5.75 Å². The third kappa shape index (κ3) is 6.58. The molecule has 1 rings (SSSR count). The van der Waals surface area contributed by atoms with Crippen LogP contribution in [0.25, 0.3) is 0 Å². The quantitative estimate of drug-likeness (QED) is 0.671. The fourth-order valence-corrected chi connectivity index (χ4v) is 2.02. The summed E-state index contributed by atoms with van der Waals surface area (Å²) in [6.07, 6.45) is 0.954. The van der Waals surface area contributed by atoms with Gasteiger partial charge in [-0.15, -0.1) is 0 Å². The SMILES string of the molecule is CN(CCCNCCS(N)(=O)=O)c1ccccc1. The number of nitrogens with two attached hydrogens (primary N) is 1. The molecule has 18 heavy (non-hydrogen) atoms. The van der Waals surface area contributed by atoms with Crippen LogP contribution < -0.4 is 15.4 Å². The van der Waals surface area contributed by atoms with Gasteiger partial charge in [-0.2, -0.15) is 0 Å². The molecule has 0 spiro atoms. The van der Waals surface area contributed by atoms with Gasteiger partial charge in [0.2, 0.25) is 10.0 Å². The van der Waals surface area contributed by atoms with Crippen molar-refractivity contribution >= 4 is 15.7 Å². The summed E-state index contributed by atoms with van der Waals surface area (Å²) in [5.74, 6) is -0.0124. The number of para-hydroxylation sites is 1. The van der Waals surface area contributed by atoms with E-state index in [0.29, 0.717) is 6.54 Å². The summed E-state index contributed by atoms with van der Waals surface area (Å²) >= 11 is 0. The standard InChI is InChI=1S/C12H21N3O2S/c1-15(12-6-3-2-4-7-12)10-5-8-14-9-11-18(13,16)17/h2-4,6-7,14H,5,8-11H2,1H3,(H2,13,16,17). The lowest BCUT2D eigenvalue weighted by Gasteiger charge is -2.19. The molecule has 1 aromatic rings. The molecule has 6 heteroatoms. The Bertz CT molecular complexity index is 434. The van der Waals surface area contributed by atoms with Crippen LogP contribution in [0.5, 0.6) is 0 Å². The van der Waals surface area contributed by atoms with E-state index in [1.54, 1.807) is 0 Å². The predicted octanol–water partition coefficient (Wildman–Crippen LogP) is 0.391. The second-order valence-corrected chi connectivity index (χ2v) is 5.96. The van der Waals surface area contributed by atoms with Crippen molar-refractivity contribution in [3.8, 4) is 0 Å². The summed E-state index contributed by atoms with van der Waals surface area (Å²) in [7, 11) is -1.30. The highest BCUT2D eigenvalue weighted by Gasteiger charge is 2.01. The van der Waals surface area contributed by atoms with E-state index in [0.717, 1.165) is 19.5 Å². The Kier molecular flexibility index (Phi) is 6.11. The van der Waals surface area contributed by atoms with E-state index < -0.39 is 10.0 Å². The molecule has 0 saturated carbocycles. The van der Waals surface area contributed by atoms with Gasteiger partial charge in [0.1, 0.15) is 0 Å². The topological polar surface area (TPSA) is 75.4 Å². The molecule has 1 aromatic carbocycles. The lowest BCUT2D eigenvalue weighted by molar-refractivity contribution is 0.590. The van der Waals surface area contributed by atoms with Crippen molar-refractivity contribution in [1.29, 1.82) is 0 Å². The van der Waals surface area contributed by atoms with Crippen molar-refractivity contribution in [2.75, 3.05) is 37.3 Å². The summed E-state index contributed by atoms with van der Waals surface area (Å²) < 4.78 is 21.4. The van der Waals surface area contributed by atoms with Crippen molar-refractivity contribution in [2.24, 2.45) is 5.14 Å². The Balaban J connectivity index is 2.12. The van der Waals surface area contributed by atoms with Gasteiger partial charge < -0.3 is 10.2 Å². The first-order chi connectivity index (χ1) is 8.49. The first-order valence-corrected chi connectivity index (χ1v) is 7.68. The highest BCUT2D eigenvalue weighted by molar-refractivity contribution is 7.89. The van der Waals surface area contributed by atoms with E-state index in [4.69, 9.17) is 5.14 Å². The number of sulfonamides is 1. The first-order valence-electron chi connectivity index (χ1n) is 5.96. The minimum atomic E-state index is -3.34. The Labute approximate surface area is 109 Å². The molecule has 0 aliphatic heterocycles. The molecular formula is C12H21N3O2S. The molecule has 0 radical (unpaired) electrons. The average molecular weight is 271 g/mol. The molecule has 0 unspecified atom stereocenters. The predicted molar refractivity (Wildman–Crippen MR) is 75.2 cm³/mol. The molecule has 0 bridgehead atoms. The highest BCUT2D eigenvalue weighted by atomic mass is 32.2. The van der Waals surface area contributed by atoms with Gasteiger partial charge in [-0.05, 0) is 25.1 Å². The van der Waals surface area contributed by atoms with Crippen LogP contribution in [0.15, 0.2) is 30.3 Å². The number of anilines is 1. The molecule has 0 heterocycles. The minimum Gasteiger partial charge on any atom is -0.375 e. The van der Waals surface area contributed by atoms with Gasteiger partial charge in [-0.3, -0.25) is 0 Å². The second kappa shape index (κ2) is 7.35. The Hall–Kier alpha value is -1.11. The molecular weight excluding hydrogens is 250 g/mol. The summed E-state index contributed by atoms with van der Waals surface area (Å²) in [4.78, 5) is 2.17. The zero-order valence-corrected chi connectivity index (χ0v) is 11.5. The first kappa shape index (κ1) is 14.9. The molecule has 0 saturated heterocycles. The highest BCUT2D eigenvalue weighted by Crippen LogP contribution is 2.10. The van der Waals surface area contributed by atoms with Crippen LogP contribution in [-0.2, 0) is 10.0 Å². The lowest BCUT2D eigenvalue weighted by Crippen LogP contribution is -2.29. The van der Waals surface area contributed by atoms with Crippen LogP contribution in [0.1, 0.15) is 6.42 Å². The number of hydrogen-bond donors (Lipinski definition) is 2. The van der Waals surface area contributed by atoms with Crippen LogP contribution in [-0.4, -0.2) is 40.9 Å². The summed E-state index contributed by atoms with van der Waals surface area (Å²) in [5, 5.41) is 7.96. The van der Waals surface area contributed by atoms with Gasteiger partial charge in [0.15, 0.2) is 0 Å². The monoisotopic (exact) mass is 271 g/mol. The van der Waals surface area contributed by atoms with Gasteiger partial charge in [0, 0.05) is 25.8 Å². The lowest BCUT2D eigenvalue weighted by atomic mass is 10.3. The van der Waals surface area contributed by atoms with Crippen molar-refractivity contribution in [3.63, 3.8) is 0 Å². The molecule has 0 aromatic heterocycles. The zero-order valence-electron chi connectivity index (χ0n) is 10.7. The van der Waals surface area contributed by atoms with Crippen LogP contribution in [0.4, 0.5) is 5.69 Å². The van der Waals surface area contributed by atoms with Crippen molar-refractivity contribution in [2.45, 2.75) is 6.42 Å². The fourth-order valence-electron chi connectivity index (χ4n) is 1.59. The Morgan fingerprint density at radius 3 is 2.50 bits per heavy atom. The third-order valence-corrected chi connectivity index (χ3v) is 3.38. The summed E-state index contributed by atoms with van der Waals surface area (Å²) in [5.41, 5.74) is 1.18. The summed E-state index contributed by atoms with van der Waals surface area (Å²) in [6, 6.07) is 10.1. The maximum absolute atomic E-state index is 10.7. The number of primary sulfonamides is 1. The maximum atomic E-state index is 10.7.